The molecule has 0 radical (unpaired) electrons. The van der Waals surface area contributed by atoms with E-state index in [1.54, 1.807) is 18.6 Å². The van der Waals surface area contributed by atoms with E-state index in [1.165, 1.54) is 0 Å². The number of nitrogens with one attached hydrogen (secondary N) is 1. The van der Waals surface area contributed by atoms with Crippen LogP contribution in [-0.2, 0) is 6.54 Å². The Hall–Kier alpha value is -0.900. The predicted octanol–water partition coefficient (Wildman–Crippen LogP) is 2.56. The van der Waals surface area contributed by atoms with E-state index in [1.807, 2.05) is 0 Å². The molecule has 1 N–H and O–H groups in total. The van der Waals surface area contributed by atoms with E-state index < -0.39 is 12.0 Å². The minimum absolute atomic E-state index is 0.00997. The van der Waals surface area contributed by atoms with Gasteiger partial charge in [0.1, 0.15) is 0 Å². The summed E-state index contributed by atoms with van der Waals surface area (Å²) in [7, 11) is 0. The number of rotatable bonds is 3. The van der Waals surface area contributed by atoms with Crippen LogP contribution in [0.1, 0.15) is 24.8 Å². The lowest BCUT2D eigenvalue weighted by Gasteiger charge is -2.19. The van der Waals surface area contributed by atoms with Crippen molar-refractivity contribution in [3.05, 3.63) is 24.2 Å². The molecule has 0 aliphatic heterocycles. The molecule has 1 aliphatic rings. The summed E-state index contributed by atoms with van der Waals surface area (Å²) in [6, 6.07) is 1.11. The van der Waals surface area contributed by atoms with Crippen LogP contribution in [0.4, 0.5) is 8.78 Å². The number of hydrogen-bond acceptors (Lipinski definition) is 2. The van der Waals surface area contributed by atoms with Gasteiger partial charge in [-0.1, -0.05) is 0 Å². The van der Waals surface area contributed by atoms with Gasteiger partial charge in [0.05, 0.1) is 18.6 Å². The van der Waals surface area contributed by atoms with Gasteiger partial charge in [-0.05, 0) is 18.9 Å². The summed E-state index contributed by atoms with van der Waals surface area (Å²) >= 11 is 0. The summed E-state index contributed by atoms with van der Waals surface area (Å²) in [6.07, 6.45) is 4.29. The van der Waals surface area contributed by atoms with Crippen LogP contribution < -0.4 is 5.32 Å². The normalized spacial score (nSPS) is 25.4. The fraction of sp³-hybridized carbons (Fsp3) is 0.600. The van der Waals surface area contributed by atoms with Gasteiger partial charge >= 0.3 is 0 Å². The van der Waals surface area contributed by atoms with Crippen molar-refractivity contribution in [2.75, 3.05) is 0 Å². The molecule has 0 amide bonds. The Kier molecular flexibility index (Phi) is 2.54. The maximum atomic E-state index is 13.2. The van der Waals surface area contributed by atoms with Crippen LogP contribution in [0.15, 0.2) is 23.0 Å². The number of alkyl halides is 2. The van der Waals surface area contributed by atoms with Gasteiger partial charge in [0.15, 0.2) is 0 Å². The number of furan rings is 1. The Morgan fingerprint density at radius 2 is 2.43 bits per heavy atom. The minimum atomic E-state index is -2.54. The lowest BCUT2D eigenvalue weighted by atomic mass is 10.2. The van der Waals surface area contributed by atoms with E-state index in [0.717, 1.165) is 5.56 Å². The molecule has 0 saturated heterocycles. The summed E-state index contributed by atoms with van der Waals surface area (Å²) in [5, 5.41) is 2.86. The Labute approximate surface area is 81.3 Å². The Bertz CT molecular complexity index is 284. The zero-order valence-corrected chi connectivity index (χ0v) is 7.80. The van der Waals surface area contributed by atoms with Crippen LogP contribution in [0, 0.1) is 0 Å². The maximum Gasteiger partial charge on any atom is 0.263 e. The van der Waals surface area contributed by atoms with Crippen molar-refractivity contribution in [2.45, 2.75) is 37.8 Å². The lowest BCUT2D eigenvalue weighted by molar-refractivity contribution is -0.0183. The Balaban J connectivity index is 1.86. The van der Waals surface area contributed by atoms with Gasteiger partial charge in [-0.3, -0.25) is 0 Å². The molecule has 4 heteroatoms. The highest BCUT2D eigenvalue weighted by Gasteiger charge is 2.43. The maximum absolute atomic E-state index is 13.2. The topological polar surface area (TPSA) is 25.2 Å². The lowest BCUT2D eigenvalue weighted by Crippen LogP contribution is -2.39. The van der Waals surface area contributed by atoms with Crippen LogP contribution in [0.25, 0.3) is 0 Å². The van der Waals surface area contributed by atoms with Crippen molar-refractivity contribution in [2.24, 2.45) is 0 Å². The van der Waals surface area contributed by atoms with E-state index in [4.69, 9.17) is 4.42 Å². The number of halogens is 2. The average Bonchev–Trinajstić information content (AvgIpc) is 2.71. The van der Waals surface area contributed by atoms with Crippen molar-refractivity contribution in [1.29, 1.82) is 0 Å². The van der Waals surface area contributed by atoms with Gasteiger partial charge < -0.3 is 9.73 Å². The first kappa shape index (κ1) is 9.65. The van der Waals surface area contributed by atoms with E-state index in [9.17, 15) is 8.78 Å². The van der Waals surface area contributed by atoms with Crippen LogP contribution >= 0.6 is 0 Å². The van der Waals surface area contributed by atoms with E-state index >= 15 is 0 Å². The van der Waals surface area contributed by atoms with Crippen molar-refractivity contribution >= 4 is 0 Å². The van der Waals surface area contributed by atoms with Crippen LogP contribution in [0.5, 0.6) is 0 Å². The molecule has 1 aromatic rings. The van der Waals surface area contributed by atoms with Crippen molar-refractivity contribution < 1.29 is 13.2 Å². The summed E-state index contributed by atoms with van der Waals surface area (Å²) in [5.74, 6) is -2.54. The molecule has 1 aromatic heterocycles. The molecule has 0 spiro atoms. The standard InChI is InChI=1S/C10H13F2NO/c11-10(12)4-1-2-9(10)13-6-8-3-5-14-7-8/h3,5,7,9,13H,1-2,4,6H2. The molecule has 1 fully saturated rings. The second-order valence-corrected chi connectivity index (χ2v) is 3.72. The van der Waals surface area contributed by atoms with Crippen molar-refractivity contribution in [3.63, 3.8) is 0 Å². The molecular formula is C10H13F2NO. The SMILES string of the molecule is FC1(F)CCCC1NCc1ccoc1. The second-order valence-electron chi connectivity index (χ2n) is 3.72. The summed E-state index contributed by atoms with van der Waals surface area (Å²) in [5.41, 5.74) is 0.910. The fourth-order valence-corrected chi connectivity index (χ4v) is 1.81. The molecule has 0 aromatic carbocycles. The highest BCUT2D eigenvalue weighted by atomic mass is 19.3. The first-order chi connectivity index (χ1) is 6.68. The van der Waals surface area contributed by atoms with Crippen molar-refractivity contribution in [1.82, 2.24) is 5.32 Å². The van der Waals surface area contributed by atoms with Gasteiger partial charge in [0.2, 0.25) is 0 Å². The van der Waals surface area contributed by atoms with Gasteiger partial charge in [0.25, 0.3) is 5.92 Å². The quantitative estimate of drug-likeness (QED) is 0.813. The highest BCUT2D eigenvalue weighted by molar-refractivity contribution is 5.05. The number of hydrogen-bond donors (Lipinski definition) is 1. The third kappa shape index (κ3) is 1.95. The molecule has 1 heterocycles. The first-order valence-corrected chi connectivity index (χ1v) is 4.81. The van der Waals surface area contributed by atoms with Gasteiger partial charge in [0, 0.05) is 18.5 Å². The zero-order chi connectivity index (χ0) is 10.0. The molecule has 78 valence electrons. The van der Waals surface area contributed by atoms with E-state index in [0.29, 0.717) is 19.4 Å². The monoisotopic (exact) mass is 201 g/mol. The molecule has 1 saturated carbocycles. The van der Waals surface area contributed by atoms with Crippen LogP contribution in [0.2, 0.25) is 0 Å². The Morgan fingerprint density at radius 1 is 1.57 bits per heavy atom. The molecule has 1 aliphatic carbocycles. The van der Waals surface area contributed by atoms with Crippen molar-refractivity contribution in [3.8, 4) is 0 Å². The predicted molar refractivity (Wildman–Crippen MR) is 48.1 cm³/mol. The van der Waals surface area contributed by atoms with E-state index in [-0.39, 0.29) is 6.42 Å². The average molecular weight is 201 g/mol. The molecule has 1 unspecified atom stereocenters. The molecule has 1 atom stereocenters. The molecular weight excluding hydrogens is 188 g/mol. The molecule has 2 nitrogen and oxygen atoms in total. The molecule has 0 bridgehead atoms. The summed E-state index contributed by atoms with van der Waals surface area (Å²) in [4.78, 5) is 0. The highest BCUT2D eigenvalue weighted by Crippen LogP contribution is 2.35. The largest absolute Gasteiger partial charge is 0.472 e. The van der Waals surface area contributed by atoms with Gasteiger partial charge in [-0.2, -0.15) is 0 Å². The molecule has 2 rings (SSSR count). The fourth-order valence-electron chi connectivity index (χ4n) is 1.81. The molecule has 14 heavy (non-hydrogen) atoms. The third-order valence-corrected chi connectivity index (χ3v) is 2.65. The van der Waals surface area contributed by atoms with E-state index in [2.05, 4.69) is 5.32 Å². The second kappa shape index (κ2) is 3.69. The smallest absolute Gasteiger partial charge is 0.263 e. The van der Waals surface area contributed by atoms with Crippen LogP contribution in [0.3, 0.4) is 0 Å². The third-order valence-electron chi connectivity index (χ3n) is 2.65. The minimum Gasteiger partial charge on any atom is -0.472 e. The summed E-state index contributed by atoms with van der Waals surface area (Å²) < 4.78 is 31.2. The first-order valence-electron chi connectivity index (χ1n) is 4.81. The van der Waals surface area contributed by atoms with Gasteiger partial charge in [-0.15, -0.1) is 0 Å². The van der Waals surface area contributed by atoms with Crippen LogP contribution in [-0.4, -0.2) is 12.0 Å². The Morgan fingerprint density at radius 3 is 3.00 bits per heavy atom. The van der Waals surface area contributed by atoms with Gasteiger partial charge in [-0.25, -0.2) is 8.78 Å². The zero-order valence-electron chi connectivity index (χ0n) is 7.80. The summed E-state index contributed by atoms with van der Waals surface area (Å²) in [6.45, 7) is 0.455.